The number of halogens is 1. The van der Waals surface area contributed by atoms with Gasteiger partial charge in [0.05, 0.1) is 18.6 Å². The molecule has 4 unspecified atom stereocenters. The Kier molecular flexibility index (Phi) is 25.4. The SMILES string of the molecule is C.C.C.C.Cl.O.O=C(O)C1CCC(=O)N1Cc1ccccc1.O=C(O)CCc1cc2ccccc2cn1.O=C1CCC(C(=O)O)N1.O=C1CCC2C(O)c3ccccc3CN12. The lowest BCUT2D eigenvalue weighted by atomic mass is 9.92. The third-order valence-electron chi connectivity index (χ3n) is 9.84. The van der Waals surface area contributed by atoms with Crippen LogP contribution in [0.25, 0.3) is 10.8 Å². The number of benzene rings is 3. The average Bonchev–Trinajstić information content (AvgIpc) is 3.90. The van der Waals surface area contributed by atoms with Crippen molar-refractivity contribution in [3.05, 3.63) is 114 Å². The first-order chi connectivity index (χ1) is 26.4. The molecule has 15 nitrogen and oxygen atoms in total. The molecule has 0 bridgehead atoms. The Morgan fingerprint density at radius 1 is 0.738 bits per heavy atom. The maximum Gasteiger partial charge on any atom is 0.326 e. The molecule has 4 aliphatic rings. The molecule has 8 rings (SSSR count). The van der Waals surface area contributed by atoms with Gasteiger partial charge < -0.3 is 41.0 Å². The number of aromatic nitrogens is 1. The quantitative estimate of drug-likeness (QED) is 0.139. The molecule has 1 aromatic heterocycles. The number of aryl methyl sites for hydroxylation is 1. The van der Waals surface area contributed by atoms with Gasteiger partial charge in [-0.05, 0) is 47.4 Å². The number of carboxylic acids is 3. The van der Waals surface area contributed by atoms with Gasteiger partial charge in [0.2, 0.25) is 17.7 Å². The fourth-order valence-corrected chi connectivity index (χ4v) is 6.92. The summed E-state index contributed by atoms with van der Waals surface area (Å²) in [5.41, 5.74) is 3.87. The predicted octanol–water partition coefficient (Wildman–Crippen LogP) is 6.23. The van der Waals surface area contributed by atoms with Crippen LogP contribution < -0.4 is 5.32 Å². The van der Waals surface area contributed by atoms with Gasteiger partial charge in [0.15, 0.2) is 0 Å². The number of hydrogen-bond donors (Lipinski definition) is 5. The van der Waals surface area contributed by atoms with Crippen LogP contribution in [-0.4, -0.2) is 94.4 Å². The zero-order valence-electron chi connectivity index (χ0n) is 31.0. The molecule has 16 heteroatoms. The van der Waals surface area contributed by atoms with Gasteiger partial charge in [-0.1, -0.05) is 109 Å². The number of carboxylic acid groups (broad SMARTS) is 3. The fourth-order valence-electron chi connectivity index (χ4n) is 6.92. The summed E-state index contributed by atoms with van der Waals surface area (Å²) in [4.78, 5) is 72.5. The number of carbonyl (C=O) groups is 6. The minimum atomic E-state index is -0.944. The summed E-state index contributed by atoms with van der Waals surface area (Å²) < 4.78 is 0. The minimum absolute atomic E-state index is 0. The van der Waals surface area contributed by atoms with E-state index in [-0.39, 0.29) is 77.8 Å². The molecule has 0 spiro atoms. The van der Waals surface area contributed by atoms with Crippen molar-refractivity contribution in [2.24, 2.45) is 0 Å². The van der Waals surface area contributed by atoms with Gasteiger partial charge in [0, 0.05) is 56.0 Å². The number of likely N-dealkylation sites (tertiary alicyclic amines) is 1. The molecule has 4 atom stereocenters. The van der Waals surface area contributed by atoms with Gasteiger partial charge in [-0.2, -0.15) is 0 Å². The molecule has 4 aliphatic heterocycles. The second kappa shape index (κ2) is 27.0. The summed E-state index contributed by atoms with van der Waals surface area (Å²) in [5, 5.41) is 40.5. The van der Waals surface area contributed by atoms with Crippen LogP contribution in [0.3, 0.4) is 0 Å². The third-order valence-corrected chi connectivity index (χ3v) is 9.84. The standard InChI is InChI=1S/C12H13NO3.C12H13NO2.C12H11NO2.C5H7NO3.4CH4.ClH.H2O/c14-11-7-6-10(12(15)16)13(11)8-9-4-2-1-3-5-9;14-11-6-5-10-12(15)9-4-2-1-3-8(9)7-13(10)11;14-12(15)6-5-11-7-9-3-1-2-4-10(9)8-13-11;7-4-2-1-3(6-4)5(8)9;;;;;;/h1-5,10H,6-8H2,(H,15,16);1-4,10,12,15H,5-7H2;1-4,7-8H,5-6H2,(H,14,15);3H,1-2H2,(H,6,7)(H,8,9);4*1H4;1H;1H2. The van der Waals surface area contributed by atoms with Crippen LogP contribution in [0.15, 0.2) is 91.1 Å². The predicted molar refractivity (Wildman–Crippen MR) is 237 cm³/mol. The third kappa shape index (κ3) is 15.6. The first kappa shape index (κ1) is 57.2. The number of aliphatic hydroxyl groups excluding tert-OH is 1. The highest BCUT2D eigenvalue weighted by atomic mass is 35.5. The number of carbonyl (C=O) groups excluding carboxylic acids is 3. The maximum atomic E-state index is 11.6. The van der Waals surface area contributed by atoms with E-state index in [1.54, 1.807) is 6.20 Å². The van der Waals surface area contributed by atoms with Crippen LogP contribution in [0.5, 0.6) is 0 Å². The maximum absolute atomic E-state index is 11.6. The number of fused-ring (bicyclic) bond motifs is 3. The molecule has 5 heterocycles. The Labute approximate surface area is 364 Å². The van der Waals surface area contributed by atoms with Crippen molar-refractivity contribution in [1.29, 1.82) is 0 Å². The molecule has 0 saturated carbocycles. The molecule has 7 N–H and O–H groups in total. The summed E-state index contributed by atoms with van der Waals surface area (Å²) in [5.74, 6) is -2.71. The highest BCUT2D eigenvalue weighted by Gasteiger charge is 2.40. The van der Waals surface area contributed by atoms with Crippen molar-refractivity contribution in [2.45, 2.75) is 118 Å². The zero-order valence-corrected chi connectivity index (χ0v) is 31.8. The summed E-state index contributed by atoms with van der Waals surface area (Å²) in [6, 6.07) is 25.8. The normalized spacial score (nSPS) is 18.7. The fraction of sp³-hybridized carbons (Fsp3) is 0.400. The van der Waals surface area contributed by atoms with E-state index in [0.29, 0.717) is 51.6 Å². The number of rotatable bonds is 7. The van der Waals surface area contributed by atoms with Gasteiger partial charge in [-0.25, -0.2) is 9.59 Å². The molecular formula is C45H63ClN4O11. The summed E-state index contributed by atoms with van der Waals surface area (Å²) >= 11 is 0. The van der Waals surface area contributed by atoms with E-state index in [1.807, 2.05) is 89.8 Å². The highest BCUT2D eigenvalue weighted by molar-refractivity contribution is 5.88. The molecule has 3 saturated heterocycles. The Morgan fingerprint density at radius 3 is 1.93 bits per heavy atom. The molecule has 0 aliphatic carbocycles. The summed E-state index contributed by atoms with van der Waals surface area (Å²) in [6.07, 6.45) is 4.79. The summed E-state index contributed by atoms with van der Waals surface area (Å²) in [6.45, 7) is 1.05. The Bertz CT molecular complexity index is 2030. The Morgan fingerprint density at radius 2 is 1.34 bits per heavy atom. The lowest BCUT2D eigenvalue weighted by Crippen LogP contribution is -2.40. The molecule has 3 fully saturated rings. The second-order valence-corrected chi connectivity index (χ2v) is 13.6. The van der Waals surface area contributed by atoms with Crippen molar-refractivity contribution >= 4 is 58.8 Å². The lowest BCUT2D eigenvalue weighted by Gasteiger charge is -2.35. The molecule has 3 aromatic carbocycles. The van der Waals surface area contributed by atoms with Crippen LogP contribution >= 0.6 is 12.4 Å². The number of nitrogens with zero attached hydrogens (tertiary/aromatic N) is 3. The highest BCUT2D eigenvalue weighted by Crippen LogP contribution is 2.37. The van der Waals surface area contributed by atoms with Crippen molar-refractivity contribution in [2.75, 3.05) is 0 Å². The van der Waals surface area contributed by atoms with Crippen molar-refractivity contribution in [3.8, 4) is 0 Å². The van der Waals surface area contributed by atoms with E-state index >= 15 is 0 Å². The van der Waals surface area contributed by atoms with E-state index < -0.39 is 36.1 Å². The number of aliphatic hydroxyl groups is 1. The van der Waals surface area contributed by atoms with Crippen LogP contribution in [0.1, 0.15) is 103 Å². The molecule has 61 heavy (non-hydrogen) atoms. The van der Waals surface area contributed by atoms with E-state index in [1.165, 1.54) is 4.90 Å². The van der Waals surface area contributed by atoms with Crippen LogP contribution in [-0.2, 0) is 48.3 Å². The van der Waals surface area contributed by atoms with E-state index in [4.69, 9.17) is 15.3 Å². The topological polar surface area (TPSA) is 246 Å². The lowest BCUT2D eigenvalue weighted by molar-refractivity contribution is -0.146. The zero-order chi connectivity index (χ0) is 39.5. The van der Waals surface area contributed by atoms with Gasteiger partial charge >= 0.3 is 17.9 Å². The Hall–Kier alpha value is -5.90. The van der Waals surface area contributed by atoms with E-state index in [0.717, 1.165) is 39.6 Å². The average molecular weight is 871 g/mol. The first-order valence-electron chi connectivity index (χ1n) is 18.1. The number of pyridine rings is 1. The van der Waals surface area contributed by atoms with Gasteiger partial charge in [0.25, 0.3) is 0 Å². The smallest absolute Gasteiger partial charge is 0.326 e. The number of hydrogen-bond acceptors (Lipinski definition) is 8. The summed E-state index contributed by atoms with van der Waals surface area (Å²) in [7, 11) is 0. The van der Waals surface area contributed by atoms with Crippen LogP contribution in [0.2, 0.25) is 0 Å². The van der Waals surface area contributed by atoms with Crippen LogP contribution in [0, 0.1) is 0 Å². The molecule has 3 amide bonds. The van der Waals surface area contributed by atoms with Crippen molar-refractivity contribution < 1.29 is 54.7 Å². The van der Waals surface area contributed by atoms with Crippen molar-refractivity contribution in [3.63, 3.8) is 0 Å². The van der Waals surface area contributed by atoms with Gasteiger partial charge in [-0.15, -0.1) is 12.4 Å². The minimum Gasteiger partial charge on any atom is -0.481 e. The number of nitrogens with one attached hydrogen (secondary N) is 1. The van der Waals surface area contributed by atoms with Crippen LogP contribution in [0.4, 0.5) is 0 Å². The second-order valence-electron chi connectivity index (χ2n) is 13.6. The number of amides is 3. The molecule has 0 radical (unpaired) electrons. The molecule has 4 aromatic rings. The largest absolute Gasteiger partial charge is 0.481 e. The Balaban J connectivity index is 0. The van der Waals surface area contributed by atoms with Gasteiger partial charge in [-0.3, -0.25) is 24.2 Å². The molecule has 336 valence electrons. The van der Waals surface area contributed by atoms with E-state index in [9.17, 15) is 33.9 Å². The monoisotopic (exact) mass is 870 g/mol. The number of aliphatic carboxylic acids is 3. The first-order valence-corrected chi connectivity index (χ1v) is 18.1. The van der Waals surface area contributed by atoms with Crippen molar-refractivity contribution in [1.82, 2.24) is 20.1 Å². The molecular weight excluding hydrogens is 808 g/mol. The van der Waals surface area contributed by atoms with Gasteiger partial charge in [0.1, 0.15) is 12.1 Å². The van der Waals surface area contributed by atoms with E-state index in [2.05, 4.69) is 10.3 Å².